The second-order valence-corrected chi connectivity index (χ2v) is 6.61. The van der Waals surface area contributed by atoms with Crippen molar-refractivity contribution in [2.75, 3.05) is 31.7 Å². The van der Waals surface area contributed by atoms with E-state index in [0.717, 1.165) is 0 Å². The third kappa shape index (κ3) is 5.44. The highest BCUT2D eigenvalue weighted by Gasteiger charge is 2.42. The van der Waals surface area contributed by atoms with Crippen molar-refractivity contribution in [2.45, 2.75) is 33.5 Å². The van der Waals surface area contributed by atoms with Crippen LogP contribution in [0.25, 0.3) is 0 Å². The minimum atomic E-state index is -0.755. The van der Waals surface area contributed by atoms with Crippen LogP contribution in [-0.4, -0.2) is 44.1 Å². The molecule has 0 aliphatic carbocycles. The summed E-state index contributed by atoms with van der Waals surface area (Å²) in [4.78, 5) is 23.8. The van der Waals surface area contributed by atoms with E-state index in [0.29, 0.717) is 18.0 Å². The number of rotatable bonds is 6. The number of benzene rings is 1. The van der Waals surface area contributed by atoms with Crippen LogP contribution in [0.3, 0.4) is 0 Å². The minimum absolute atomic E-state index is 0.151. The molecule has 1 heterocycles. The Labute approximate surface area is 147 Å². The van der Waals surface area contributed by atoms with Crippen LogP contribution < -0.4 is 10.1 Å². The Morgan fingerprint density at radius 3 is 2.28 bits per heavy atom. The van der Waals surface area contributed by atoms with Crippen LogP contribution in [0.5, 0.6) is 5.75 Å². The third-order valence-corrected chi connectivity index (χ3v) is 3.80. The fourth-order valence-corrected chi connectivity index (χ4v) is 2.14. The second-order valence-electron chi connectivity index (χ2n) is 6.61. The van der Waals surface area contributed by atoms with Crippen molar-refractivity contribution >= 4 is 17.6 Å². The van der Waals surface area contributed by atoms with Gasteiger partial charge in [0.15, 0.2) is 12.4 Å². The van der Waals surface area contributed by atoms with E-state index in [4.69, 9.17) is 18.9 Å². The van der Waals surface area contributed by atoms with Gasteiger partial charge in [-0.15, -0.1) is 0 Å². The number of carbonyl (C=O) groups is 2. The van der Waals surface area contributed by atoms with Crippen LogP contribution in [-0.2, 0) is 23.8 Å². The van der Waals surface area contributed by atoms with Crippen LogP contribution >= 0.6 is 0 Å². The molecule has 1 fully saturated rings. The van der Waals surface area contributed by atoms with E-state index in [1.807, 2.05) is 13.8 Å². The summed E-state index contributed by atoms with van der Waals surface area (Å²) >= 11 is 0. The highest BCUT2D eigenvalue weighted by Crippen LogP contribution is 2.30. The summed E-state index contributed by atoms with van der Waals surface area (Å²) in [5, 5.41) is 2.85. The van der Waals surface area contributed by atoms with Crippen molar-refractivity contribution in [1.82, 2.24) is 0 Å². The normalized spacial score (nSPS) is 18.2. The molecule has 1 amide bonds. The van der Waals surface area contributed by atoms with Crippen molar-refractivity contribution in [2.24, 2.45) is 5.41 Å². The van der Waals surface area contributed by atoms with E-state index in [9.17, 15) is 9.59 Å². The summed E-state index contributed by atoms with van der Waals surface area (Å²) in [7, 11) is 0. The van der Waals surface area contributed by atoms with Gasteiger partial charge in [0, 0.05) is 5.69 Å². The zero-order valence-electron chi connectivity index (χ0n) is 15.1. The first-order chi connectivity index (χ1) is 11.7. The zero-order chi connectivity index (χ0) is 18.5. The van der Waals surface area contributed by atoms with E-state index in [2.05, 4.69) is 5.32 Å². The molecule has 7 nitrogen and oxygen atoms in total. The predicted molar refractivity (Wildman–Crippen MR) is 91.3 cm³/mol. The highest BCUT2D eigenvalue weighted by atomic mass is 16.7. The maximum absolute atomic E-state index is 12.5. The number of amides is 1. The molecule has 1 N–H and O–H groups in total. The molecule has 0 unspecified atom stereocenters. The molecule has 1 aromatic rings. The lowest BCUT2D eigenvalue weighted by Crippen LogP contribution is -2.50. The van der Waals surface area contributed by atoms with E-state index in [-0.39, 0.29) is 25.7 Å². The molecule has 1 saturated heterocycles. The minimum Gasteiger partial charge on any atom is -0.482 e. The predicted octanol–water partition coefficient (Wildman–Crippen LogP) is 2.36. The average Bonchev–Trinajstić information content (AvgIpc) is 2.57. The maximum atomic E-state index is 12.5. The van der Waals surface area contributed by atoms with E-state index in [1.165, 1.54) is 0 Å². The van der Waals surface area contributed by atoms with Crippen molar-refractivity contribution in [1.29, 1.82) is 0 Å². The summed E-state index contributed by atoms with van der Waals surface area (Å²) in [5.74, 6) is -0.753. The number of hydrogen-bond donors (Lipinski definition) is 1. The van der Waals surface area contributed by atoms with Gasteiger partial charge in [-0.05, 0) is 52.0 Å². The van der Waals surface area contributed by atoms with E-state index < -0.39 is 17.2 Å². The quantitative estimate of drug-likeness (QED) is 0.792. The van der Waals surface area contributed by atoms with Gasteiger partial charge in [-0.3, -0.25) is 4.79 Å². The van der Waals surface area contributed by atoms with Crippen molar-refractivity contribution in [3.05, 3.63) is 24.3 Å². The molecular formula is C18H25NO6. The lowest BCUT2D eigenvalue weighted by atomic mass is 9.90. The van der Waals surface area contributed by atoms with Crippen molar-refractivity contribution < 1.29 is 28.5 Å². The summed E-state index contributed by atoms with van der Waals surface area (Å²) in [6.45, 7) is 7.91. The van der Waals surface area contributed by atoms with Gasteiger partial charge < -0.3 is 24.3 Å². The summed E-state index contributed by atoms with van der Waals surface area (Å²) in [6, 6.07) is 6.76. The number of hydrogen-bond acceptors (Lipinski definition) is 6. The van der Waals surface area contributed by atoms with Crippen molar-refractivity contribution in [3.8, 4) is 5.75 Å². The first kappa shape index (κ1) is 19.2. The van der Waals surface area contributed by atoms with Gasteiger partial charge >= 0.3 is 5.97 Å². The SMILES string of the molecule is CCOC(=O)COc1ccc(NC(=O)C2(C)COC(C)(C)OC2)cc1. The lowest BCUT2D eigenvalue weighted by molar-refractivity contribution is -0.276. The van der Waals surface area contributed by atoms with E-state index in [1.54, 1.807) is 38.1 Å². The van der Waals surface area contributed by atoms with Crippen LogP contribution in [0.4, 0.5) is 5.69 Å². The first-order valence-corrected chi connectivity index (χ1v) is 8.22. The van der Waals surface area contributed by atoms with Crippen LogP contribution in [0.1, 0.15) is 27.7 Å². The summed E-state index contributed by atoms with van der Waals surface area (Å²) in [6.07, 6.45) is 0. The molecule has 1 aliphatic heterocycles. The lowest BCUT2D eigenvalue weighted by Gasteiger charge is -2.40. The molecule has 0 atom stereocenters. The smallest absolute Gasteiger partial charge is 0.344 e. The molecule has 0 saturated carbocycles. The van der Waals surface area contributed by atoms with Gasteiger partial charge in [0.25, 0.3) is 0 Å². The maximum Gasteiger partial charge on any atom is 0.344 e. The molecule has 1 aromatic carbocycles. The number of esters is 1. The molecule has 138 valence electrons. The number of ether oxygens (including phenoxy) is 4. The van der Waals surface area contributed by atoms with Gasteiger partial charge in [-0.25, -0.2) is 4.79 Å². The van der Waals surface area contributed by atoms with Gasteiger partial charge in [-0.2, -0.15) is 0 Å². The second kappa shape index (κ2) is 7.84. The fraction of sp³-hybridized carbons (Fsp3) is 0.556. The Kier molecular flexibility index (Phi) is 6.02. The van der Waals surface area contributed by atoms with E-state index >= 15 is 0 Å². The van der Waals surface area contributed by atoms with Gasteiger partial charge in [0.05, 0.1) is 25.2 Å². The molecule has 0 radical (unpaired) electrons. The molecule has 7 heteroatoms. The third-order valence-electron chi connectivity index (χ3n) is 3.80. The molecule has 0 aromatic heterocycles. The molecule has 1 aliphatic rings. The molecule has 0 bridgehead atoms. The number of nitrogens with one attached hydrogen (secondary N) is 1. The van der Waals surface area contributed by atoms with Crippen LogP contribution in [0.2, 0.25) is 0 Å². The molecule has 25 heavy (non-hydrogen) atoms. The fourth-order valence-electron chi connectivity index (χ4n) is 2.14. The molecule has 0 spiro atoms. The topological polar surface area (TPSA) is 83.1 Å². The highest BCUT2D eigenvalue weighted by molar-refractivity contribution is 5.95. The Bertz CT molecular complexity index is 600. The Balaban J connectivity index is 1.88. The standard InChI is InChI=1S/C18H25NO6/c1-5-22-15(20)10-23-14-8-6-13(7-9-14)19-16(21)18(4)11-24-17(2,3)25-12-18/h6-9H,5,10-12H2,1-4H3,(H,19,21). The summed E-state index contributed by atoms with van der Waals surface area (Å²) in [5.41, 5.74) is -0.131. The van der Waals surface area contributed by atoms with Gasteiger partial charge in [0.2, 0.25) is 5.91 Å². The van der Waals surface area contributed by atoms with Gasteiger partial charge in [0.1, 0.15) is 5.75 Å². The van der Waals surface area contributed by atoms with Crippen LogP contribution in [0, 0.1) is 5.41 Å². The molecule has 2 rings (SSSR count). The molecular weight excluding hydrogens is 326 g/mol. The van der Waals surface area contributed by atoms with Gasteiger partial charge in [-0.1, -0.05) is 0 Å². The summed E-state index contributed by atoms with van der Waals surface area (Å²) < 4.78 is 21.3. The van der Waals surface area contributed by atoms with Crippen molar-refractivity contribution in [3.63, 3.8) is 0 Å². The average molecular weight is 351 g/mol. The Morgan fingerprint density at radius 2 is 1.72 bits per heavy atom. The zero-order valence-corrected chi connectivity index (χ0v) is 15.1. The monoisotopic (exact) mass is 351 g/mol. The first-order valence-electron chi connectivity index (χ1n) is 8.22. The number of anilines is 1. The number of carbonyl (C=O) groups excluding carboxylic acids is 2. The van der Waals surface area contributed by atoms with Crippen LogP contribution in [0.15, 0.2) is 24.3 Å². The Hall–Kier alpha value is -2.12. The Morgan fingerprint density at radius 1 is 1.12 bits per heavy atom. The largest absolute Gasteiger partial charge is 0.482 e.